The fourth-order valence-electron chi connectivity index (χ4n) is 1.74. The van der Waals surface area contributed by atoms with Crippen LogP contribution in [0.2, 0.25) is 0 Å². The van der Waals surface area contributed by atoms with Crippen LogP contribution in [0.25, 0.3) is 11.1 Å². The molecule has 0 spiro atoms. The van der Waals surface area contributed by atoms with Crippen LogP contribution in [-0.2, 0) is 0 Å². The molecule has 0 saturated carbocycles. The van der Waals surface area contributed by atoms with Gasteiger partial charge in [-0.05, 0) is 18.9 Å². The number of amides is 1. The summed E-state index contributed by atoms with van der Waals surface area (Å²) in [5.74, 6) is -0.106. The average molecular weight is 263 g/mol. The molecule has 102 valence electrons. The summed E-state index contributed by atoms with van der Waals surface area (Å²) < 4.78 is 4.99. The van der Waals surface area contributed by atoms with Crippen LogP contribution < -0.4 is 5.32 Å². The second-order valence-electron chi connectivity index (χ2n) is 4.85. The van der Waals surface area contributed by atoms with Crippen LogP contribution in [0, 0.1) is 12.8 Å². The van der Waals surface area contributed by atoms with Crippen LogP contribution in [0.5, 0.6) is 0 Å². The molecule has 6 nitrogen and oxygen atoms in total. The van der Waals surface area contributed by atoms with Crippen LogP contribution in [-0.4, -0.2) is 33.8 Å². The Hall–Kier alpha value is -1.95. The third-order valence-electron chi connectivity index (χ3n) is 3.09. The van der Waals surface area contributed by atoms with Gasteiger partial charge in [0.2, 0.25) is 0 Å². The molecule has 19 heavy (non-hydrogen) atoms. The summed E-state index contributed by atoms with van der Waals surface area (Å²) in [5.41, 5.74) is 1.54. The number of nitrogens with one attached hydrogen (secondary N) is 1. The number of fused-ring (bicyclic) bond motifs is 1. The van der Waals surface area contributed by atoms with Crippen molar-refractivity contribution in [2.75, 3.05) is 6.61 Å². The van der Waals surface area contributed by atoms with E-state index >= 15 is 0 Å². The summed E-state index contributed by atoms with van der Waals surface area (Å²) in [6.45, 7) is 5.57. The van der Waals surface area contributed by atoms with Gasteiger partial charge in [0.1, 0.15) is 0 Å². The highest BCUT2D eigenvalue weighted by Crippen LogP contribution is 2.16. The molecule has 0 bridgehead atoms. The van der Waals surface area contributed by atoms with E-state index in [2.05, 4.69) is 15.5 Å². The van der Waals surface area contributed by atoms with Gasteiger partial charge in [-0.25, -0.2) is 4.98 Å². The second-order valence-corrected chi connectivity index (χ2v) is 4.85. The van der Waals surface area contributed by atoms with Gasteiger partial charge < -0.3 is 14.9 Å². The lowest BCUT2D eigenvalue weighted by Crippen LogP contribution is -2.41. The first-order valence-electron chi connectivity index (χ1n) is 6.16. The van der Waals surface area contributed by atoms with Crippen LogP contribution in [0.1, 0.15) is 29.9 Å². The van der Waals surface area contributed by atoms with Crippen molar-refractivity contribution in [1.82, 2.24) is 15.5 Å². The van der Waals surface area contributed by atoms with E-state index in [0.29, 0.717) is 17.0 Å². The summed E-state index contributed by atoms with van der Waals surface area (Å²) in [6, 6.07) is 1.42. The third-order valence-corrected chi connectivity index (χ3v) is 3.09. The van der Waals surface area contributed by atoms with Gasteiger partial charge in [-0.15, -0.1) is 0 Å². The smallest absolute Gasteiger partial charge is 0.257 e. The highest BCUT2D eigenvalue weighted by Gasteiger charge is 2.17. The second kappa shape index (κ2) is 5.36. The molecule has 1 amide bonds. The quantitative estimate of drug-likeness (QED) is 0.867. The summed E-state index contributed by atoms with van der Waals surface area (Å²) in [5, 5.41) is 16.5. The van der Waals surface area contributed by atoms with Crippen LogP contribution in [0.4, 0.5) is 0 Å². The summed E-state index contributed by atoms with van der Waals surface area (Å²) in [4.78, 5) is 16.1. The third kappa shape index (κ3) is 2.73. The molecule has 1 atom stereocenters. The van der Waals surface area contributed by atoms with E-state index in [-0.39, 0.29) is 24.5 Å². The maximum atomic E-state index is 12.1. The Morgan fingerprint density at radius 3 is 2.89 bits per heavy atom. The Morgan fingerprint density at radius 1 is 1.53 bits per heavy atom. The molecule has 2 aromatic heterocycles. The molecular weight excluding hydrogens is 246 g/mol. The molecule has 0 aliphatic carbocycles. The molecule has 2 aromatic rings. The van der Waals surface area contributed by atoms with Crippen molar-refractivity contribution < 1.29 is 14.4 Å². The molecule has 0 aliphatic heterocycles. The highest BCUT2D eigenvalue weighted by atomic mass is 16.5. The molecule has 2 rings (SSSR count). The average Bonchev–Trinajstić information content (AvgIpc) is 2.76. The zero-order chi connectivity index (χ0) is 14.0. The van der Waals surface area contributed by atoms with Crippen molar-refractivity contribution in [2.45, 2.75) is 26.8 Å². The van der Waals surface area contributed by atoms with E-state index in [1.54, 1.807) is 13.0 Å². The first kappa shape index (κ1) is 13.5. The highest BCUT2D eigenvalue weighted by molar-refractivity contribution is 5.97. The van der Waals surface area contributed by atoms with Crippen LogP contribution >= 0.6 is 0 Å². The SMILES string of the molecule is Cc1noc2ncc(C(=O)N[C@H](CO)C(C)C)cc12. The molecular formula is C13H17N3O3. The normalized spacial score (nSPS) is 12.9. The number of aryl methyl sites for hydroxylation is 1. The van der Waals surface area contributed by atoms with E-state index in [0.717, 1.165) is 5.39 Å². The van der Waals surface area contributed by atoms with E-state index < -0.39 is 0 Å². The molecule has 0 unspecified atom stereocenters. The minimum absolute atomic E-state index is 0.0919. The van der Waals surface area contributed by atoms with Gasteiger partial charge in [0.25, 0.3) is 11.6 Å². The lowest BCUT2D eigenvalue weighted by atomic mass is 10.0. The number of aliphatic hydroxyl groups is 1. The number of rotatable bonds is 4. The maximum Gasteiger partial charge on any atom is 0.257 e. The summed E-state index contributed by atoms with van der Waals surface area (Å²) >= 11 is 0. The minimum Gasteiger partial charge on any atom is -0.394 e. The van der Waals surface area contributed by atoms with Gasteiger partial charge in [0, 0.05) is 6.20 Å². The van der Waals surface area contributed by atoms with E-state index in [1.165, 1.54) is 6.20 Å². The van der Waals surface area contributed by atoms with Crippen molar-refractivity contribution in [2.24, 2.45) is 5.92 Å². The van der Waals surface area contributed by atoms with Crippen LogP contribution in [0.3, 0.4) is 0 Å². The maximum absolute atomic E-state index is 12.1. The van der Waals surface area contributed by atoms with Crippen molar-refractivity contribution in [3.63, 3.8) is 0 Å². The topological polar surface area (TPSA) is 88.2 Å². The number of aromatic nitrogens is 2. The molecule has 0 aromatic carbocycles. The summed E-state index contributed by atoms with van der Waals surface area (Å²) in [7, 11) is 0. The zero-order valence-corrected chi connectivity index (χ0v) is 11.2. The van der Waals surface area contributed by atoms with Crippen molar-refractivity contribution in [3.05, 3.63) is 23.5 Å². The Kier molecular flexibility index (Phi) is 3.80. The first-order chi connectivity index (χ1) is 9.02. The standard InChI is InChI=1S/C13H17N3O3/c1-7(2)11(6-17)15-12(18)9-4-10-8(3)16-19-13(10)14-5-9/h4-5,7,11,17H,6H2,1-3H3,(H,15,18)/t11-/m1/s1. The van der Waals surface area contributed by atoms with Gasteiger partial charge in [-0.3, -0.25) is 4.79 Å². The largest absolute Gasteiger partial charge is 0.394 e. The number of carbonyl (C=O) groups is 1. The monoisotopic (exact) mass is 263 g/mol. The van der Waals surface area contributed by atoms with Gasteiger partial charge >= 0.3 is 0 Å². The van der Waals surface area contributed by atoms with Crippen molar-refractivity contribution in [1.29, 1.82) is 0 Å². The zero-order valence-electron chi connectivity index (χ0n) is 11.2. The Balaban J connectivity index is 2.23. The van der Waals surface area contributed by atoms with Crippen molar-refractivity contribution in [3.8, 4) is 0 Å². The predicted octanol–water partition coefficient (Wildman–Crippen LogP) is 1.28. The van der Waals surface area contributed by atoms with Crippen molar-refractivity contribution >= 4 is 17.0 Å². The summed E-state index contributed by atoms with van der Waals surface area (Å²) in [6.07, 6.45) is 1.44. The van der Waals surface area contributed by atoms with Gasteiger partial charge in [0.05, 0.1) is 29.3 Å². The fourth-order valence-corrected chi connectivity index (χ4v) is 1.74. The van der Waals surface area contributed by atoms with E-state index in [1.807, 2.05) is 13.8 Å². The predicted molar refractivity (Wildman–Crippen MR) is 69.7 cm³/mol. The van der Waals surface area contributed by atoms with E-state index in [4.69, 9.17) is 4.52 Å². The molecule has 0 aliphatic rings. The number of hydrogen-bond acceptors (Lipinski definition) is 5. The van der Waals surface area contributed by atoms with Gasteiger partial charge in [-0.2, -0.15) is 0 Å². The number of hydrogen-bond donors (Lipinski definition) is 2. The lowest BCUT2D eigenvalue weighted by molar-refractivity contribution is 0.0896. The Labute approximate surface area is 110 Å². The number of aliphatic hydroxyl groups excluding tert-OH is 1. The number of carbonyl (C=O) groups excluding carboxylic acids is 1. The van der Waals surface area contributed by atoms with E-state index in [9.17, 15) is 9.90 Å². The molecule has 0 saturated heterocycles. The Bertz CT molecular complexity index is 592. The molecule has 2 N–H and O–H groups in total. The molecule has 6 heteroatoms. The number of nitrogens with zero attached hydrogens (tertiary/aromatic N) is 2. The number of pyridine rings is 1. The fraction of sp³-hybridized carbons (Fsp3) is 0.462. The molecule has 0 fully saturated rings. The first-order valence-corrected chi connectivity index (χ1v) is 6.16. The lowest BCUT2D eigenvalue weighted by Gasteiger charge is -2.19. The minimum atomic E-state index is -0.272. The van der Waals surface area contributed by atoms with Gasteiger partial charge in [0.15, 0.2) is 0 Å². The van der Waals surface area contributed by atoms with Gasteiger partial charge in [-0.1, -0.05) is 19.0 Å². The van der Waals surface area contributed by atoms with Crippen LogP contribution in [0.15, 0.2) is 16.8 Å². The molecule has 2 heterocycles. The molecule has 0 radical (unpaired) electrons. The Morgan fingerprint density at radius 2 is 2.26 bits per heavy atom.